The quantitative estimate of drug-likeness (QED) is 0.592. The summed E-state index contributed by atoms with van der Waals surface area (Å²) in [7, 11) is 0. The highest BCUT2D eigenvalue weighted by Gasteiger charge is 2.16. The molecule has 0 aromatic heterocycles. The normalized spacial score (nSPS) is 16.8. The van der Waals surface area contributed by atoms with Gasteiger partial charge in [-0.2, -0.15) is 0 Å². The van der Waals surface area contributed by atoms with Crippen LogP contribution in [0.5, 0.6) is 5.75 Å². The maximum absolute atomic E-state index is 12.1. The van der Waals surface area contributed by atoms with Gasteiger partial charge in [0.2, 0.25) is 0 Å². The van der Waals surface area contributed by atoms with Crippen molar-refractivity contribution >= 4 is 23.2 Å². The second-order valence-electron chi connectivity index (χ2n) is 5.53. The van der Waals surface area contributed by atoms with Crippen LogP contribution in [-0.4, -0.2) is 36.9 Å². The van der Waals surface area contributed by atoms with E-state index in [1.54, 1.807) is 24.3 Å². The van der Waals surface area contributed by atoms with Crippen LogP contribution in [0, 0.1) is 0 Å². The molecule has 2 N–H and O–H groups in total. The van der Waals surface area contributed by atoms with Gasteiger partial charge in [0, 0.05) is 18.7 Å². The Kier molecular flexibility index (Phi) is 7.29. The van der Waals surface area contributed by atoms with Gasteiger partial charge in [-0.25, -0.2) is 0 Å². The van der Waals surface area contributed by atoms with Gasteiger partial charge in [0.15, 0.2) is 5.11 Å². The van der Waals surface area contributed by atoms with Crippen molar-refractivity contribution < 1.29 is 14.3 Å². The van der Waals surface area contributed by atoms with E-state index in [9.17, 15) is 4.79 Å². The van der Waals surface area contributed by atoms with E-state index in [1.807, 2.05) is 0 Å². The summed E-state index contributed by atoms with van der Waals surface area (Å²) in [4.78, 5) is 12.1. The molecule has 0 radical (unpaired) electrons. The summed E-state index contributed by atoms with van der Waals surface area (Å²) in [6.45, 7) is 4.24. The zero-order valence-electron chi connectivity index (χ0n) is 13.5. The van der Waals surface area contributed by atoms with Crippen LogP contribution in [0.4, 0.5) is 0 Å². The first-order valence-corrected chi connectivity index (χ1v) is 8.53. The average Bonchev–Trinajstić information content (AvgIpc) is 3.07. The lowest BCUT2D eigenvalue weighted by Gasteiger charge is -2.13. The number of ether oxygens (including phenoxy) is 2. The summed E-state index contributed by atoms with van der Waals surface area (Å²) in [6.07, 6.45) is 4.41. The van der Waals surface area contributed by atoms with E-state index in [1.165, 1.54) is 0 Å². The Morgan fingerprint density at radius 2 is 2.17 bits per heavy atom. The summed E-state index contributed by atoms with van der Waals surface area (Å²) in [5, 5.41) is 6.03. The smallest absolute Gasteiger partial charge is 0.257 e. The molecule has 1 saturated heterocycles. The van der Waals surface area contributed by atoms with Gasteiger partial charge < -0.3 is 14.8 Å². The fourth-order valence-electron chi connectivity index (χ4n) is 2.27. The largest absolute Gasteiger partial charge is 0.494 e. The Morgan fingerprint density at radius 3 is 2.83 bits per heavy atom. The maximum atomic E-state index is 12.1. The first kappa shape index (κ1) is 17.7. The maximum Gasteiger partial charge on any atom is 0.257 e. The fraction of sp³-hybridized carbons (Fsp3) is 0.529. The van der Waals surface area contributed by atoms with Crippen molar-refractivity contribution in [1.29, 1.82) is 0 Å². The standard InChI is InChI=1S/C17H24N2O3S/c1-2-3-10-21-14-8-6-13(7-9-14)16(20)19-17(23)18-12-15-5-4-11-22-15/h6-9,15H,2-5,10-12H2,1H3,(H2,18,19,20,23)/t15-/m0/s1. The Hall–Kier alpha value is -1.66. The van der Waals surface area contributed by atoms with Crippen LogP contribution >= 0.6 is 12.2 Å². The Balaban J connectivity index is 1.74. The number of carbonyl (C=O) groups excluding carboxylic acids is 1. The second kappa shape index (κ2) is 9.47. The van der Waals surface area contributed by atoms with Crippen molar-refractivity contribution in [2.75, 3.05) is 19.8 Å². The highest BCUT2D eigenvalue weighted by molar-refractivity contribution is 7.80. The van der Waals surface area contributed by atoms with Crippen LogP contribution < -0.4 is 15.4 Å². The minimum Gasteiger partial charge on any atom is -0.494 e. The lowest BCUT2D eigenvalue weighted by Crippen LogP contribution is -2.42. The molecular weight excluding hydrogens is 312 g/mol. The average molecular weight is 336 g/mol. The molecule has 1 heterocycles. The Bertz CT molecular complexity index is 513. The zero-order valence-corrected chi connectivity index (χ0v) is 14.3. The summed E-state index contributed by atoms with van der Waals surface area (Å²) < 4.78 is 11.1. The number of unbranched alkanes of at least 4 members (excludes halogenated alkanes) is 1. The number of rotatable bonds is 7. The van der Waals surface area contributed by atoms with Crippen LogP contribution in [0.2, 0.25) is 0 Å². The molecule has 0 aliphatic carbocycles. The molecular formula is C17H24N2O3S. The van der Waals surface area contributed by atoms with Crippen molar-refractivity contribution in [3.05, 3.63) is 29.8 Å². The molecule has 1 atom stereocenters. The van der Waals surface area contributed by atoms with Crippen molar-refractivity contribution in [2.24, 2.45) is 0 Å². The van der Waals surface area contributed by atoms with Gasteiger partial charge >= 0.3 is 0 Å². The number of nitrogens with one attached hydrogen (secondary N) is 2. The third kappa shape index (κ3) is 6.15. The minimum atomic E-state index is -0.227. The minimum absolute atomic E-state index is 0.185. The molecule has 1 aliphatic heterocycles. The molecule has 126 valence electrons. The van der Waals surface area contributed by atoms with E-state index < -0.39 is 0 Å². The monoisotopic (exact) mass is 336 g/mol. The van der Waals surface area contributed by atoms with E-state index in [0.717, 1.165) is 38.0 Å². The SMILES string of the molecule is CCCCOc1ccc(C(=O)NC(=S)NC[C@@H]2CCCO2)cc1. The highest BCUT2D eigenvalue weighted by Crippen LogP contribution is 2.13. The Labute approximate surface area is 142 Å². The van der Waals surface area contributed by atoms with Crippen molar-refractivity contribution in [2.45, 2.75) is 38.7 Å². The molecule has 1 aromatic rings. The summed E-state index contributed by atoms with van der Waals surface area (Å²) >= 11 is 5.14. The van der Waals surface area contributed by atoms with Gasteiger partial charge in [0.05, 0.1) is 12.7 Å². The van der Waals surface area contributed by atoms with Crippen molar-refractivity contribution in [3.63, 3.8) is 0 Å². The lowest BCUT2D eigenvalue weighted by molar-refractivity contribution is 0.0973. The van der Waals surface area contributed by atoms with E-state index >= 15 is 0 Å². The molecule has 2 rings (SSSR count). The highest BCUT2D eigenvalue weighted by atomic mass is 32.1. The van der Waals surface area contributed by atoms with Crippen LogP contribution in [0.15, 0.2) is 24.3 Å². The van der Waals surface area contributed by atoms with Crippen LogP contribution in [0.1, 0.15) is 43.0 Å². The molecule has 0 bridgehead atoms. The van der Waals surface area contributed by atoms with Gasteiger partial charge in [-0.15, -0.1) is 0 Å². The molecule has 5 nitrogen and oxygen atoms in total. The van der Waals surface area contributed by atoms with E-state index in [-0.39, 0.29) is 12.0 Å². The van der Waals surface area contributed by atoms with Gasteiger partial charge in [-0.1, -0.05) is 13.3 Å². The molecule has 0 spiro atoms. The zero-order chi connectivity index (χ0) is 16.5. The summed E-state index contributed by atoms with van der Waals surface area (Å²) in [6, 6.07) is 7.07. The number of benzene rings is 1. The van der Waals surface area contributed by atoms with Crippen molar-refractivity contribution in [1.82, 2.24) is 10.6 Å². The predicted octanol–water partition coefficient (Wildman–Crippen LogP) is 2.65. The molecule has 23 heavy (non-hydrogen) atoms. The molecule has 1 aliphatic rings. The third-order valence-electron chi connectivity index (χ3n) is 3.62. The first-order valence-electron chi connectivity index (χ1n) is 8.12. The first-order chi connectivity index (χ1) is 11.2. The molecule has 6 heteroatoms. The predicted molar refractivity (Wildman–Crippen MR) is 93.9 cm³/mol. The number of carbonyl (C=O) groups is 1. The fourth-order valence-corrected chi connectivity index (χ4v) is 2.44. The van der Waals surface area contributed by atoms with Gasteiger partial charge in [-0.3, -0.25) is 10.1 Å². The number of amides is 1. The number of thiocarbonyl (C=S) groups is 1. The van der Waals surface area contributed by atoms with Crippen molar-refractivity contribution in [3.8, 4) is 5.75 Å². The second-order valence-corrected chi connectivity index (χ2v) is 5.93. The van der Waals surface area contributed by atoms with Crippen LogP contribution in [0.25, 0.3) is 0 Å². The summed E-state index contributed by atoms with van der Waals surface area (Å²) in [5.41, 5.74) is 0.550. The van der Waals surface area contributed by atoms with Gasteiger partial charge in [0.25, 0.3) is 5.91 Å². The van der Waals surface area contributed by atoms with Gasteiger partial charge in [-0.05, 0) is 55.7 Å². The molecule has 0 saturated carbocycles. The van der Waals surface area contributed by atoms with Gasteiger partial charge in [0.1, 0.15) is 5.75 Å². The number of hydrogen-bond donors (Lipinski definition) is 2. The molecule has 1 aromatic carbocycles. The third-order valence-corrected chi connectivity index (χ3v) is 3.87. The van der Waals surface area contributed by atoms with E-state index in [4.69, 9.17) is 21.7 Å². The molecule has 1 fully saturated rings. The molecule has 1 amide bonds. The van der Waals surface area contributed by atoms with E-state index in [2.05, 4.69) is 17.6 Å². The van der Waals surface area contributed by atoms with Crippen LogP contribution in [0.3, 0.4) is 0 Å². The van der Waals surface area contributed by atoms with Crippen LogP contribution in [-0.2, 0) is 4.74 Å². The van der Waals surface area contributed by atoms with E-state index in [0.29, 0.717) is 23.8 Å². The molecule has 0 unspecified atom stereocenters. The Morgan fingerprint density at radius 1 is 1.39 bits per heavy atom. The number of hydrogen-bond acceptors (Lipinski definition) is 4. The lowest BCUT2D eigenvalue weighted by atomic mass is 10.2. The topological polar surface area (TPSA) is 59.6 Å². The summed E-state index contributed by atoms with van der Waals surface area (Å²) in [5.74, 6) is 0.545.